The number of nitro groups is 1. The lowest BCUT2D eigenvalue weighted by atomic mass is 10.1. The summed E-state index contributed by atoms with van der Waals surface area (Å²) in [6, 6.07) is 8.72. The highest BCUT2D eigenvalue weighted by molar-refractivity contribution is 5.97. The SMILES string of the molecule is COc1ccc(CN(C)C(=O)C(C)NC(=O)c2cccc([N+](=O)[O-])c2)cc1F. The summed E-state index contributed by atoms with van der Waals surface area (Å²) in [6.07, 6.45) is 0. The smallest absolute Gasteiger partial charge is 0.270 e. The molecule has 0 aliphatic rings. The van der Waals surface area contributed by atoms with Gasteiger partial charge in [0.1, 0.15) is 6.04 Å². The summed E-state index contributed by atoms with van der Waals surface area (Å²) in [4.78, 5) is 36.3. The molecule has 0 bridgehead atoms. The van der Waals surface area contributed by atoms with E-state index in [0.29, 0.717) is 5.56 Å². The number of amides is 2. The van der Waals surface area contributed by atoms with Crippen molar-refractivity contribution in [3.05, 3.63) is 69.5 Å². The Labute approximate surface area is 161 Å². The maximum atomic E-state index is 13.8. The van der Waals surface area contributed by atoms with Gasteiger partial charge in [0.2, 0.25) is 5.91 Å². The van der Waals surface area contributed by atoms with Crippen LogP contribution >= 0.6 is 0 Å². The van der Waals surface area contributed by atoms with E-state index in [2.05, 4.69) is 5.32 Å². The number of carbonyl (C=O) groups excluding carboxylic acids is 2. The molecule has 9 heteroatoms. The van der Waals surface area contributed by atoms with Gasteiger partial charge >= 0.3 is 0 Å². The van der Waals surface area contributed by atoms with Gasteiger partial charge in [-0.3, -0.25) is 19.7 Å². The summed E-state index contributed by atoms with van der Waals surface area (Å²) in [5.41, 5.74) is 0.422. The number of rotatable bonds is 7. The number of hydrogen-bond acceptors (Lipinski definition) is 5. The summed E-state index contributed by atoms with van der Waals surface area (Å²) in [6.45, 7) is 1.64. The molecule has 2 aromatic rings. The lowest BCUT2D eigenvalue weighted by Gasteiger charge is -2.22. The van der Waals surface area contributed by atoms with E-state index in [1.165, 1.54) is 56.3 Å². The standard InChI is InChI=1S/C19H20FN3O5/c1-12(21-18(24)14-5-4-6-15(10-14)23(26)27)19(25)22(2)11-13-7-8-17(28-3)16(20)9-13/h4-10,12H,11H2,1-3H3,(H,21,24). The molecule has 2 aromatic carbocycles. The molecule has 0 spiro atoms. The molecule has 0 saturated carbocycles. The monoisotopic (exact) mass is 389 g/mol. The number of methoxy groups -OCH3 is 1. The van der Waals surface area contributed by atoms with Crippen LogP contribution in [-0.4, -0.2) is 41.8 Å². The van der Waals surface area contributed by atoms with Crippen molar-refractivity contribution in [1.29, 1.82) is 0 Å². The van der Waals surface area contributed by atoms with Gasteiger partial charge in [-0.15, -0.1) is 0 Å². The van der Waals surface area contributed by atoms with Gasteiger partial charge in [-0.05, 0) is 30.7 Å². The molecule has 0 aliphatic carbocycles. The van der Waals surface area contributed by atoms with Crippen molar-refractivity contribution in [2.45, 2.75) is 19.5 Å². The minimum absolute atomic E-state index is 0.0775. The Hall–Kier alpha value is -3.49. The molecule has 28 heavy (non-hydrogen) atoms. The summed E-state index contributed by atoms with van der Waals surface area (Å²) in [7, 11) is 2.89. The van der Waals surface area contributed by atoms with Crippen LogP contribution in [0.5, 0.6) is 5.75 Å². The summed E-state index contributed by atoms with van der Waals surface area (Å²) in [5.74, 6) is -1.42. The van der Waals surface area contributed by atoms with Gasteiger partial charge in [-0.2, -0.15) is 0 Å². The predicted octanol–water partition coefficient (Wildman–Crippen LogP) is 2.52. The molecule has 0 heterocycles. The molecule has 8 nitrogen and oxygen atoms in total. The van der Waals surface area contributed by atoms with Crippen LogP contribution in [0.25, 0.3) is 0 Å². The van der Waals surface area contributed by atoms with E-state index in [1.54, 1.807) is 6.07 Å². The van der Waals surface area contributed by atoms with E-state index in [9.17, 15) is 24.1 Å². The number of nitrogens with zero attached hydrogens (tertiary/aromatic N) is 2. The Morgan fingerprint density at radius 1 is 1.29 bits per heavy atom. The highest BCUT2D eigenvalue weighted by Crippen LogP contribution is 2.18. The van der Waals surface area contributed by atoms with Gasteiger partial charge in [-0.25, -0.2) is 4.39 Å². The molecule has 2 rings (SSSR count). The number of halogens is 1. The van der Waals surface area contributed by atoms with Crippen LogP contribution in [0, 0.1) is 15.9 Å². The van der Waals surface area contributed by atoms with E-state index in [4.69, 9.17) is 4.74 Å². The van der Waals surface area contributed by atoms with Crippen molar-refractivity contribution in [3.63, 3.8) is 0 Å². The second-order valence-electron chi connectivity index (χ2n) is 6.17. The molecule has 1 atom stereocenters. The first kappa shape index (κ1) is 20.8. The van der Waals surface area contributed by atoms with Crippen molar-refractivity contribution in [1.82, 2.24) is 10.2 Å². The van der Waals surface area contributed by atoms with Crippen molar-refractivity contribution >= 4 is 17.5 Å². The topological polar surface area (TPSA) is 102 Å². The molecule has 0 radical (unpaired) electrons. The number of carbonyl (C=O) groups is 2. The van der Waals surface area contributed by atoms with Crippen LogP contribution in [0.15, 0.2) is 42.5 Å². The molecule has 0 aromatic heterocycles. The quantitative estimate of drug-likeness (QED) is 0.579. The Bertz CT molecular complexity index is 903. The number of likely N-dealkylation sites (N-methyl/N-ethyl adjacent to an activating group) is 1. The molecule has 0 saturated heterocycles. The van der Waals surface area contributed by atoms with Crippen LogP contribution in [0.2, 0.25) is 0 Å². The third kappa shape index (κ3) is 5.03. The van der Waals surface area contributed by atoms with E-state index >= 15 is 0 Å². The number of non-ortho nitro benzene ring substituents is 1. The number of benzene rings is 2. The average Bonchev–Trinajstić information content (AvgIpc) is 2.67. The van der Waals surface area contributed by atoms with Crippen molar-refractivity contribution in [3.8, 4) is 5.75 Å². The third-order valence-electron chi connectivity index (χ3n) is 4.05. The number of ether oxygens (including phenoxy) is 1. The highest BCUT2D eigenvalue weighted by atomic mass is 19.1. The van der Waals surface area contributed by atoms with Crippen LogP contribution in [0.3, 0.4) is 0 Å². The zero-order valence-corrected chi connectivity index (χ0v) is 15.6. The van der Waals surface area contributed by atoms with E-state index in [-0.39, 0.29) is 23.5 Å². The molecule has 148 valence electrons. The van der Waals surface area contributed by atoms with Gasteiger partial charge in [0.25, 0.3) is 11.6 Å². The van der Waals surface area contributed by atoms with Crippen molar-refractivity contribution in [2.24, 2.45) is 0 Å². The fraction of sp³-hybridized carbons (Fsp3) is 0.263. The second-order valence-corrected chi connectivity index (χ2v) is 6.17. The number of nitrogens with one attached hydrogen (secondary N) is 1. The lowest BCUT2D eigenvalue weighted by Crippen LogP contribution is -2.45. The fourth-order valence-corrected chi connectivity index (χ4v) is 2.59. The Kier molecular flexibility index (Phi) is 6.64. The maximum Gasteiger partial charge on any atom is 0.270 e. The van der Waals surface area contributed by atoms with Gasteiger partial charge in [-0.1, -0.05) is 12.1 Å². The molecule has 1 unspecified atom stereocenters. The number of nitro benzene ring substituents is 1. The first-order valence-corrected chi connectivity index (χ1v) is 8.35. The third-order valence-corrected chi connectivity index (χ3v) is 4.05. The van der Waals surface area contributed by atoms with Gasteiger partial charge in [0.15, 0.2) is 11.6 Å². The normalized spacial score (nSPS) is 11.4. The minimum Gasteiger partial charge on any atom is -0.494 e. The fourth-order valence-electron chi connectivity index (χ4n) is 2.59. The summed E-state index contributed by atoms with van der Waals surface area (Å²) >= 11 is 0. The Morgan fingerprint density at radius 3 is 2.61 bits per heavy atom. The van der Waals surface area contributed by atoms with Crippen LogP contribution < -0.4 is 10.1 Å². The zero-order chi connectivity index (χ0) is 20.8. The first-order chi connectivity index (χ1) is 13.2. The van der Waals surface area contributed by atoms with Gasteiger partial charge in [0.05, 0.1) is 12.0 Å². The van der Waals surface area contributed by atoms with Crippen LogP contribution in [-0.2, 0) is 11.3 Å². The summed E-state index contributed by atoms with van der Waals surface area (Å²) < 4.78 is 18.6. The largest absolute Gasteiger partial charge is 0.494 e. The van der Waals surface area contributed by atoms with E-state index < -0.39 is 28.6 Å². The lowest BCUT2D eigenvalue weighted by molar-refractivity contribution is -0.384. The first-order valence-electron chi connectivity index (χ1n) is 8.35. The molecule has 0 aliphatic heterocycles. The molecular weight excluding hydrogens is 369 g/mol. The van der Waals surface area contributed by atoms with E-state index in [0.717, 1.165) is 6.07 Å². The number of hydrogen-bond donors (Lipinski definition) is 1. The minimum atomic E-state index is -0.875. The Morgan fingerprint density at radius 2 is 2.00 bits per heavy atom. The maximum absolute atomic E-state index is 13.8. The van der Waals surface area contributed by atoms with E-state index in [1.807, 2.05) is 0 Å². The molecule has 0 fully saturated rings. The van der Waals surface area contributed by atoms with Crippen LogP contribution in [0.1, 0.15) is 22.8 Å². The molecule has 1 N–H and O–H groups in total. The summed E-state index contributed by atoms with van der Waals surface area (Å²) in [5, 5.41) is 13.3. The molecule has 2 amide bonds. The second kappa shape index (κ2) is 8.94. The van der Waals surface area contributed by atoms with Gasteiger partial charge in [0, 0.05) is 31.3 Å². The predicted molar refractivity (Wildman–Crippen MR) is 99.5 cm³/mol. The molecular formula is C19H20FN3O5. The highest BCUT2D eigenvalue weighted by Gasteiger charge is 2.21. The van der Waals surface area contributed by atoms with Crippen molar-refractivity contribution in [2.75, 3.05) is 14.2 Å². The zero-order valence-electron chi connectivity index (χ0n) is 15.6. The van der Waals surface area contributed by atoms with Crippen LogP contribution in [0.4, 0.5) is 10.1 Å². The van der Waals surface area contributed by atoms with Gasteiger partial charge < -0.3 is 15.0 Å². The van der Waals surface area contributed by atoms with Crippen molar-refractivity contribution < 1.29 is 23.6 Å². The Balaban J connectivity index is 2.01. The average molecular weight is 389 g/mol.